The van der Waals surface area contributed by atoms with Crippen molar-refractivity contribution >= 4 is 29.2 Å². The molecule has 0 spiro atoms. The van der Waals surface area contributed by atoms with E-state index in [1.807, 2.05) is 0 Å². The Morgan fingerprint density at radius 2 is 1.64 bits per heavy atom. The van der Waals surface area contributed by atoms with Crippen LogP contribution in [0.1, 0.15) is 30.6 Å². The SMILES string of the molecule is CCOC(=O)c1ccc(NC(=O)CCN(C(C)=O)c2ccc(OC)cc2)cc1. The van der Waals surface area contributed by atoms with Crippen molar-refractivity contribution in [2.45, 2.75) is 20.3 Å². The second kappa shape index (κ2) is 10.1. The first-order chi connectivity index (χ1) is 13.4. The molecule has 0 unspecified atom stereocenters. The van der Waals surface area contributed by atoms with Crippen molar-refractivity contribution < 1.29 is 23.9 Å². The molecule has 0 radical (unpaired) electrons. The fourth-order valence-corrected chi connectivity index (χ4v) is 2.57. The molecule has 0 fully saturated rings. The second-order valence-electron chi connectivity index (χ2n) is 5.96. The zero-order valence-corrected chi connectivity index (χ0v) is 16.2. The average molecular weight is 384 g/mol. The smallest absolute Gasteiger partial charge is 0.338 e. The van der Waals surface area contributed by atoms with Crippen LogP contribution in [0.2, 0.25) is 0 Å². The highest BCUT2D eigenvalue weighted by Crippen LogP contribution is 2.20. The maximum atomic E-state index is 12.2. The molecule has 2 aromatic carbocycles. The number of nitrogens with one attached hydrogen (secondary N) is 1. The van der Waals surface area contributed by atoms with E-state index >= 15 is 0 Å². The molecule has 28 heavy (non-hydrogen) atoms. The lowest BCUT2D eigenvalue weighted by atomic mass is 10.2. The summed E-state index contributed by atoms with van der Waals surface area (Å²) in [6.45, 7) is 3.74. The Bertz CT molecular complexity index is 816. The van der Waals surface area contributed by atoms with E-state index in [1.54, 1.807) is 62.6 Å². The Balaban J connectivity index is 1.93. The van der Waals surface area contributed by atoms with Crippen LogP contribution in [0.3, 0.4) is 0 Å². The van der Waals surface area contributed by atoms with Gasteiger partial charge in [0.1, 0.15) is 5.75 Å². The van der Waals surface area contributed by atoms with E-state index in [2.05, 4.69) is 5.32 Å². The predicted octanol–water partition coefficient (Wildman–Crippen LogP) is 3.25. The second-order valence-corrected chi connectivity index (χ2v) is 5.96. The van der Waals surface area contributed by atoms with Crippen LogP contribution in [-0.2, 0) is 14.3 Å². The van der Waals surface area contributed by atoms with E-state index in [9.17, 15) is 14.4 Å². The lowest BCUT2D eigenvalue weighted by Gasteiger charge is -2.21. The van der Waals surface area contributed by atoms with Gasteiger partial charge < -0.3 is 19.7 Å². The number of esters is 1. The average Bonchev–Trinajstić information content (AvgIpc) is 2.69. The number of rotatable bonds is 8. The van der Waals surface area contributed by atoms with Crippen LogP contribution in [0.15, 0.2) is 48.5 Å². The zero-order chi connectivity index (χ0) is 20.5. The van der Waals surface area contributed by atoms with E-state index in [-0.39, 0.29) is 24.8 Å². The van der Waals surface area contributed by atoms with Crippen LogP contribution in [0.4, 0.5) is 11.4 Å². The topological polar surface area (TPSA) is 84.9 Å². The summed E-state index contributed by atoms with van der Waals surface area (Å²) in [5.74, 6) is -0.103. The van der Waals surface area contributed by atoms with E-state index in [1.165, 1.54) is 11.8 Å². The summed E-state index contributed by atoms with van der Waals surface area (Å²) in [7, 11) is 1.57. The number of methoxy groups -OCH3 is 1. The number of anilines is 2. The minimum atomic E-state index is -0.406. The zero-order valence-electron chi connectivity index (χ0n) is 16.2. The third-order valence-electron chi connectivity index (χ3n) is 4.01. The molecule has 148 valence electrons. The largest absolute Gasteiger partial charge is 0.497 e. The minimum absolute atomic E-state index is 0.130. The maximum Gasteiger partial charge on any atom is 0.338 e. The van der Waals surface area contributed by atoms with Gasteiger partial charge in [-0.05, 0) is 55.5 Å². The molecule has 0 saturated heterocycles. The summed E-state index contributed by atoms with van der Waals surface area (Å²) in [5.41, 5.74) is 1.68. The molecule has 0 aliphatic carbocycles. The molecule has 0 atom stereocenters. The van der Waals surface area contributed by atoms with Crippen molar-refractivity contribution in [1.82, 2.24) is 0 Å². The van der Waals surface area contributed by atoms with Gasteiger partial charge in [0.05, 0.1) is 19.3 Å². The highest BCUT2D eigenvalue weighted by Gasteiger charge is 2.14. The molecule has 0 aliphatic heterocycles. The van der Waals surface area contributed by atoms with Crippen LogP contribution in [0.25, 0.3) is 0 Å². The van der Waals surface area contributed by atoms with Gasteiger partial charge >= 0.3 is 5.97 Å². The van der Waals surface area contributed by atoms with Crippen LogP contribution < -0.4 is 15.0 Å². The minimum Gasteiger partial charge on any atom is -0.497 e. The molecule has 0 aromatic heterocycles. The van der Waals surface area contributed by atoms with Gasteiger partial charge in [0, 0.05) is 31.3 Å². The highest BCUT2D eigenvalue weighted by molar-refractivity contribution is 5.95. The summed E-state index contributed by atoms with van der Waals surface area (Å²) < 4.78 is 10.0. The Morgan fingerprint density at radius 1 is 1.00 bits per heavy atom. The van der Waals surface area contributed by atoms with Crippen LogP contribution in [-0.4, -0.2) is 38.0 Å². The molecule has 0 heterocycles. The van der Waals surface area contributed by atoms with Crippen molar-refractivity contribution in [3.05, 3.63) is 54.1 Å². The molecule has 7 heteroatoms. The van der Waals surface area contributed by atoms with Crippen molar-refractivity contribution in [3.8, 4) is 5.75 Å². The Labute approximate surface area is 164 Å². The molecular weight excluding hydrogens is 360 g/mol. The first-order valence-corrected chi connectivity index (χ1v) is 8.93. The highest BCUT2D eigenvalue weighted by atomic mass is 16.5. The molecule has 1 N–H and O–H groups in total. The van der Waals surface area contributed by atoms with Gasteiger partial charge in [-0.2, -0.15) is 0 Å². The fourth-order valence-electron chi connectivity index (χ4n) is 2.57. The molecular formula is C21H24N2O5. The summed E-state index contributed by atoms with van der Waals surface area (Å²) in [6, 6.07) is 13.5. The molecule has 0 saturated carbocycles. The first-order valence-electron chi connectivity index (χ1n) is 8.93. The number of benzene rings is 2. The van der Waals surface area contributed by atoms with Gasteiger partial charge in [-0.3, -0.25) is 9.59 Å². The third-order valence-corrected chi connectivity index (χ3v) is 4.01. The van der Waals surface area contributed by atoms with Crippen molar-refractivity contribution in [2.24, 2.45) is 0 Å². The molecule has 0 bridgehead atoms. The van der Waals surface area contributed by atoms with Gasteiger partial charge in [0.25, 0.3) is 0 Å². The number of hydrogen-bond acceptors (Lipinski definition) is 5. The number of hydrogen-bond donors (Lipinski definition) is 1. The van der Waals surface area contributed by atoms with Crippen molar-refractivity contribution in [1.29, 1.82) is 0 Å². The normalized spacial score (nSPS) is 10.1. The number of carbonyl (C=O) groups is 3. The summed E-state index contributed by atoms with van der Waals surface area (Å²) in [6.07, 6.45) is 0.130. The van der Waals surface area contributed by atoms with Gasteiger partial charge in [-0.1, -0.05) is 0 Å². The lowest BCUT2D eigenvalue weighted by molar-refractivity contribution is -0.117. The summed E-state index contributed by atoms with van der Waals surface area (Å²) in [5, 5.41) is 2.76. The molecule has 2 rings (SSSR count). The first kappa shape index (κ1) is 21.0. The van der Waals surface area contributed by atoms with Crippen LogP contribution in [0, 0.1) is 0 Å². The standard InChI is InChI=1S/C21H24N2O5/c1-4-28-21(26)16-5-7-17(8-6-16)22-20(25)13-14-23(15(2)24)18-9-11-19(27-3)12-10-18/h5-12H,4,13-14H2,1-3H3,(H,22,25). The van der Waals surface area contributed by atoms with Gasteiger partial charge in [-0.15, -0.1) is 0 Å². The van der Waals surface area contributed by atoms with Gasteiger partial charge in [0.15, 0.2) is 0 Å². The number of carbonyl (C=O) groups excluding carboxylic acids is 3. The molecule has 0 aliphatic rings. The number of ether oxygens (including phenoxy) is 2. The van der Waals surface area contributed by atoms with E-state index in [0.717, 1.165) is 0 Å². The van der Waals surface area contributed by atoms with Crippen LogP contribution >= 0.6 is 0 Å². The van der Waals surface area contributed by atoms with E-state index in [4.69, 9.17) is 9.47 Å². The maximum absolute atomic E-state index is 12.2. The lowest BCUT2D eigenvalue weighted by Crippen LogP contribution is -2.31. The Kier molecular flexibility index (Phi) is 7.56. The Hall–Kier alpha value is -3.35. The third kappa shape index (κ3) is 5.84. The van der Waals surface area contributed by atoms with Gasteiger partial charge in [0.2, 0.25) is 11.8 Å². The number of amides is 2. The van der Waals surface area contributed by atoms with Crippen molar-refractivity contribution in [2.75, 3.05) is 30.5 Å². The number of nitrogens with zero attached hydrogens (tertiary/aromatic N) is 1. The molecule has 2 aromatic rings. The van der Waals surface area contributed by atoms with E-state index < -0.39 is 5.97 Å². The van der Waals surface area contributed by atoms with Gasteiger partial charge in [-0.25, -0.2) is 4.79 Å². The molecule has 2 amide bonds. The quantitative estimate of drug-likeness (QED) is 0.706. The van der Waals surface area contributed by atoms with Crippen LogP contribution in [0.5, 0.6) is 5.75 Å². The fraction of sp³-hybridized carbons (Fsp3) is 0.286. The molecule has 7 nitrogen and oxygen atoms in total. The summed E-state index contributed by atoms with van der Waals surface area (Å²) >= 11 is 0. The monoisotopic (exact) mass is 384 g/mol. The summed E-state index contributed by atoms with van der Waals surface area (Å²) in [4.78, 5) is 37.3. The Morgan fingerprint density at radius 3 is 2.18 bits per heavy atom. The van der Waals surface area contributed by atoms with Crippen molar-refractivity contribution in [3.63, 3.8) is 0 Å². The predicted molar refractivity (Wildman–Crippen MR) is 107 cm³/mol. The van der Waals surface area contributed by atoms with E-state index in [0.29, 0.717) is 29.3 Å².